The first-order valence-electron chi connectivity index (χ1n) is 4.67. The van der Waals surface area contributed by atoms with Gasteiger partial charge in [0, 0.05) is 18.8 Å². The summed E-state index contributed by atoms with van der Waals surface area (Å²) in [4.78, 5) is 8.11. The zero-order chi connectivity index (χ0) is 10.7. The molecule has 0 bridgehead atoms. The number of nitrogen functional groups attached to an aromatic ring is 1. The van der Waals surface area contributed by atoms with Crippen LogP contribution in [0, 0.1) is 0 Å². The van der Waals surface area contributed by atoms with E-state index in [0.717, 1.165) is 16.9 Å². The third-order valence-electron chi connectivity index (χ3n) is 2.13. The molecule has 0 saturated carbocycles. The Hall–Kier alpha value is -2.10. The SMILES string of the molecule is CNc1nc(N)ncc1-c1ccccc1. The van der Waals surface area contributed by atoms with Crippen LogP contribution in [0.1, 0.15) is 0 Å². The van der Waals surface area contributed by atoms with E-state index in [4.69, 9.17) is 5.73 Å². The zero-order valence-corrected chi connectivity index (χ0v) is 8.44. The van der Waals surface area contributed by atoms with Gasteiger partial charge in [-0.05, 0) is 5.56 Å². The second-order valence-electron chi connectivity index (χ2n) is 3.11. The molecular weight excluding hydrogens is 188 g/mol. The molecule has 3 N–H and O–H groups in total. The minimum absolute atomic E-state index is 0.277. The molecule has 0 aliphatic rings. The summed E-state index contributed by atoms with van der Waals surface area (Å²) in [6, 6.07) is 9.95. The van der Waals surface area contributed by atoms with E-state index in [-0.39, 0.29) is 5.95 Å². The molecule has 0 unspecified atom stereocenters. The minimum atomic E-state index is 0.277. The van der Waals surface area contributed by atoms with Gasteiger partial charge in [0.1, 0.15) is 5.82 Å². The largest absolute Gasteiger partial charge is 0.372 e. The van der Waals surface area contributed by atoms with Crippen LogP contribution in [0.2, 0.25) is 0 Å². The highest BCUT2D eigenvalue weighted by atomic mass is 15.1. The second kappa shape index (κ2) is 3.96. The van der Waals surface area contributed by atoms with Gasteiger partial charge in [0.05, 0.1) is 0 Å². The number of hydrogen-bond donors (Lipinski definition) is 2. The van der Waals surface area contributed by atoms with Crippen molar-refractivity contribution in [3.63, 3.8) is 0 Å². The van der Waals surface area contributed by atoms with Crippen LogP contribution in [0.4, 0.5) is 11.8 Å². The number of aromatic nitrogens is 2. The Morgan fingerprint density at radius 2 is 1.93 bits per heavy atom. The molecule has 1 aromatic carbocycles. The highest BCUT2D eigenvalue weighted by Gasteiger charge is 2.05. The van der Waals surface area contributed by atoms with Crippen LogP contribution >= 0.6 is 0 Å². The highest BCUT2D eigenvalue weighted by Crippen LogP contribution is 2.25. The lowest BCUT2D eigenvalue weighted by molar-refractivity contribution is 1.18. The number of nitrogens with one attached hydrogen (secondary N) is 1. The molecule has 1 heterocycles. The molecule has 0 amide bonds. The highest BCUT2D eigenvalue weighted by molar-refractivity contribution is 5.74. The lowest BCUT2D eigenvalue weighted by Gasteiger charge is -2.07. The van der Waals surface area contributed by atoms with Crippen molar-refractivity contribution in [3.8, 4) is 11.1 Å². The number of nitrogens with two attached hydrogens (primary N) is 1. The maximum Gasteiger partial charge on any atom is 0.221 e. The van der Waals surface area contributed by atoms with Crippen molar-refractivity contribution < 1.29 is 0 Å². The van der Waals surface area contributed by atoms with E-state index in [9.17, 15) is 0 Å². The molecule has 4 heteroatoms. The van der Waals surface area contributed by atoms with Crippen molar-refractivity contribution in [2.45, 2.75) is 0 Å². The van der Waals surface area contributed by atoms with Crippen LogP contribution in [-0.4, -0.2) is 17.0 Å². The smallest absolute Gasteiger partial charge is 0.221 e. The van der Waals surface area contributed by atoms with Crippen molar-refractivity contribution in [2.75, 3.05) is 18.1 Å². The molecule has 0 aliphatic carbocycles. The predicted molar refractivity (Wildman–Crippen MR) is 61.4 cm³/mol. The van der Waals surface area contributed by atoms with Crippen LogP contribution < -0.4 is 11.1 Å². The number of anilines is 2. The topological polar surface area (TPSA) is 63.8 Å². The molecule has 15 heavy (non-hydrogen) atoms. The molecule has 76 valence electrons. The van der Waals surface area contributed by atoms with Crippen molar-refractivity contribution in [3.05, 3.63) is 36.5 Å². The summed E-state index contributed by atoms with van der Waals surface area (Å²) in [5.74, 6) is 1.02. The molecule has 0 atom stereocenters. The molecule has 0 saturated heterocycles. The zero-order valence-electron chi connectivity index (χ0n) is 8.44. The van der Waals surface area contributed by atoms with E-state index >= 15 is 0 Å². The van der Waals surface area contributed by atoms with Gasteiger partial charge in [0.25, 0.3) is 0 Å². The van der Waals surface area contributed by atoms with Gasteiger partial charge in [-0.2, -0.15) is 4.98 Å². The van der Waals surface area contributed by atoms with E-state index < -0.39 is 0 Å². The van der Waals surface area contributed by atoms with Crippen LogP contribution in [0.25, 0.3) is 11.1 Å². The quantitative estimate of drug-likeness (QED) is 0.775. The van der Waals surface area contributed by atoms with E-state index in [1.165, 1.54) is 0 Å². The Morgan fingerprint density at radius 3 is 2.60 bits per heavy atom. The Kier molecular flexibility index (Phi) is 2.49. The average molecular weight is 200 g/mol. The lowest BCUT2D eigenvalue weighted by atomic mass is 10.1. The third-order valence-corrected chi connectivity index (χ3v) is 2.13. The number of rotatable bonds is 2. The summed E-state index contributed by atoms with van der Waals surface area (Å²) in [5.41, 5.74) is 7.54. The van der Waals surface area contributed by atoms with Crippen LogP contribution in [0.3, 0.4) is 0 Å². The first-order valence-corrected chi connectivity index (χ1v) is 4.67. The molecule has 2 rings (SSSR count). The van der Waals surface area contributed by atoms with E-state index in [1.54, 1.807) is 6.20 Å². The van der Waals surface area contributed by atoms with Gasteiger partial charge in [0.15, 0.2) is 0 Å². The van der Waals surface area contributed by atoms with Crippen molar-refractivity contribution >= 4 is 11.8 Å². The molecule has 0 fully saturated rings. The molecule has 0 radical (unpaired) electrons. The van der Waals surface area contributed by atoms with Gasteiger partial charge >= 0.3 is 0 Å². The Balaban J connectivity index is 2.53. The Labute approximate surface area is 88.2 Å². The third kappa shape index (κ3) is 1.88. The first kappa shape index (κ1) is 9.45. The minimum Gasteiger partial charge on any atom is -0.372 e. The average Bonchev–Trinajstić information content (AvgIpc) is 2.30. The fourth-order valence-corrected chi connectivity index (χ4v) is 1.42. The molecule has 4 nitrogen and oxygen atoms in total. The van der Waals surface area contributed by atoms with Gasteiger partial charge in [-0.15, -0.1) is 0 Å². The summed E-state index contributed by atoms with van der Waals surface area (Å²) in [6.07, 6.45) is 1.73. The lowest BCUT2D eigenvalue weighted by Crippen LogP contribution is -2.01. The molecule has 2 aromatic rings. The van der Waals surface area contributed by atoms with Crippen LogP contribution in [0.15, 0.2) is 36.5 Å². The van der Waals surface area contributed by atoms with E-state index in [0.29, 0.717) is 0 Å². The monoisotopic (exact) mass is 200 g/mol. The second-order valence-corrected chi connectivity index (χ2v) is 3.11. The van der Waals surface area contributed by atoms with Gasteiger partial charge in [-0.3, -0.25) is 0 Å². The standard InChI is InChI=1S/C11H12N4/c1-13-10-9(7-14-11(12)15-10)8-5-3-2-4-6-8/h2-7H,1H3,(H3,12,13,14,15). The maximum atomic E-state index is 5.52. The number of benzene rings is 1. The fraction of sp³-hybridized carbons (Fsp3) is 0.0909. The summed E-state index contributed by atoms with van der Waals surface area (Å²) in [6.45, 7) is 0. The van der Waals surface area contributed by atoms with Crippen molar-refractivity contribution in [1.82, 2.24) is 9.97 Å². The van der Waals surface area contributed by atoms with Gasteiger partial charge in [-0.1, -0.05) is 30.3 Å². The fourth-order valence-electron chi connectivity index (χ4n) is 1.42. The molecule has 0 aliphatic heterocycles. The number of hydrogen-bond acceptors (Lipinski definition) is 4. The van der Waals surface area contributed by atoms with E-state index in [2.05, 4.69) is 15.3 Å². The molecule has 1 aromatic heterocycles. The predicted octanol–water partition coefficient (Wildman–Crippen LogP) is 1.77. The van der Waals surface area contributed by atoms with Crippen molar-refractivity contribution in [1.29, 1.82) is 0 Å². The molecular formula is C11H12N4. The molecule has 0 spiro atoms. The van der Waals surface area contributed by atoms with Crippen molar-refractivity contribution in [2.24, 2.45) is 0 Å². The van der Waals surface area contributed by atoms with Crippen LogP contribution in [0.5, 0.6) is 0 Å². The van der Waals surface area contributed by atoms with E-state index in [1.807, 2.05) is 37.4 Å². The summed E-state index contributed by atoms with van der Waals surface area (Å²) >= 11 is 0. The normalized spacial score (nSPS) is 9.93. The summed E-state index contributed by atoms with van der Waals surface area (Å²) in [5, 5.41) is 3.00. The maximum absolute atomic E-state index is 5.52. The number of nitrogens with zero attached hydrogens (tertiary/aromatic N) is 2. The van der Waals surface area contributed by atoms with Gasteiger partial charge in [-0.25, -0.2) is 4.98 Å². The first-order chi connectivity index (χ1) is 7.31. The van der Waals surface area contributed by atoms with Gasteiger partial charge in [0.2, 0.25) is 5.95 Å². The summed E-state index contributed by atoms with van der Waals surface area (Å²) < 4.78 is 0. The summed E-state index contributed by atoms with van der Waals surface area (Å²) in [7, 11) is 1.81. The Morgan fingerprint density at radius 1 is 1.20 bits per heavy atom. The van der Waals surface area contributed by atoms with Gasteiger partial charge < -0.3 is 11.1 Å². The Bertz CT molecular complexity index is 453. The van der Waals surface area contributed by atoms with Crippen LogP contribution in [-0.2, 0) is 0 Å².